The summed E-state index contributed by atoms with van der Waals surface area (Å²) in [5.41, 5.74) is 0. The second-order valence-corrected chi connectivity index (χ2v) is 2.12. The number of hydrogen-bond acceptors (Lipinski definition) is 4. The van der Waals surface area contributed by atoms with Crippen molar-refractivity contribution in [2.45, 2.75) is 20.0 Å². The summed E-state index contributed by atoms with van der Waals surface area (Å²) in [5.74, 6) is -0.264. The zero-order chi connectivity index (χ0) is 9.98. The Balaban J connectivity index is 0. The molecule has 0 saturated carbocycles. The SMILES string of the molecule is C=CCOC(C)=O.CC(O)CO. The van der Waals surface area contributed by atoms with Crippen LogP contribution in [0.5, 0.6) is 0 Å². The molecule has 0 heterocycles. The molecule has 2 N–H and O–H groups in total. The Bertz CT molecular complexity index is 120. The monoisotopic (exact) mass is 176 g/mol. The van der Waals surface area contributed by atoms with E-state index in [0.717, 1.165) is 0 Å². The maximum atomic E-state index is 9.93. The van der Waals surface area contributed by atoms with Crippen LogP contribution in [0.25, 0.3) is 0 Å². The predicted octanol–water partition coefficient (Wildman–Crippen LogP) is 0.0950. The molecule has 4 heteroatoms. The molecule has 12 heavy (non-hydrogen) atoms. The lowest BCUT2D eigenvalue weighted by molar-refractivity contribution is -0.139. The first kappa shape index (κ1) is 13.7. The highest BCUT2D eigenvalue weighted by molar-refractivity contribution is 5.65. The smallest absolute Gasteiger partial charge is 0.302 e. The van der Waals surface area contributed by atoms with Gasteiger partial charge in [-0.3, -0.25) is 4.79 Å². The van der Waals surface area contributed by atoms with Gasteiger partial charge in [-0.15, -0.1) is 0 Å². The van der Waals surface area contributed by atoms with E-state index < -0.39 is 6.10 Å². The van der Waals surface area contributed by atoms with Crippen molar-refractivity contribution in [3.63, 3.8) is 0 Å². The lowest BCUT2D eigenvalue weighted by atomic mass is 10.5. The van der Waals surface area contributed by atoms with Gasteiger partial charge in [-0.05, 0) is 6.92 Å². The van der Waals surface area contributed by atoms with Crippen LogP contribution in [0.1, 0.15) is 13.8 Å². The fraction of sp³-hybridized carbons (Fsp3) is 0.625. The molecule has 0 aliphatic carbocycles. The summed E-state index contributed by atoms with van der Waals surface area (Å²) in [6.45, 7) is 6.42. The number of rotatable bonds is 3. The standard InChI is InChI=1S/C5H8O2.C3H8O2/c1-3-4-7-5(2)6;1-3(5)2-4/h3H,1,4H2,2H3;3-5H,2H2,1H3. The van der Waals surface area contributed by atoms with E-state index in [1.165, 1.54) is 19.9 Å². The Morgan fingerprint density at radius 3 is 2.25 bits per heavy atom. The minimum absolute atomic E-state index is 0.139. The van der Waals surface area contributed by atoms with E-state index in [1.54, 1.807) is 0 Å². The molecule has 0 aromatic rings. The zero-order valence-corrected chi connectivity index (χ0v) is 7.49. The molecular formula is C8H16O4. The highest BCUT2D eigenvalue weighted by Crippen LogP contribution is 1.73. The second kappa shape index (κ2) is 10.1. The molecule has 72 valence electrons. The summed E-state index contributed by atoms with van der Waals surface area (Å²) in [7, 11) is 0. The molecule has 0 fully saturated rings. The quantitative estimate of drug-likeness (QED) is 0.472. The van der Waals surface area contributed by atoms with E-state index in [-0.39, 0.29) is 12.6 Å². The minimum Gasteiger partial charge on any atom is -0.462 e. The van der Waals surface area contributed by atoms with Gasteiger partial charge in [0.15, 0.2) is 0 Å². The van der Waals surface area contributed by atoms with Crippen LogP contribution in [0.2, 0.25) is 0 Å². The molecule has 0 bridgehead atoms. The van der Waals surface area contributed by atoms with Crippen LogP contribution in [0, 0.1) is 0 Å². The van der Waals surface area contributed by atoms with Crippen molar-refractivity contribution in [2.75, 3.05) is 13.2 Å². The number of carbonyl (C=O) groups is 1. The van der Waals surface area contributed by atoms with Crippen LogP contribution in [0.15, 0.2) is 12.7 Å². The molecule has 4 nitrogen and oxygen atoms in total. The van der Waals surface area contributed by atoms with Crippen LogP contribution in [0.4, 0.5) is 0 Å². The number of aliphatic hydroxyl groups is 2. The molecule has 0 aromatic carbocycles. The van der Waals surface area contributed by atoms with Gasteiger partial charge in [-0.25, -0.2) is 0 Å². The van der Waals surface area contributed by atoms with Gasteiger partial charge in [0.1, 0.15) is 6.61 Å². The average molecular weight is 176 g/mol. The molecule has 0 aliphatic heterocycles. The van der Waals surface area contributed by atoms with Gasteiger partial charge in [0.05, 0.1) is 12.7 Å². The number of hydrogen-bond donors (Lipinski definition) is 2. The summed E-state index contributed by atoms with van der Waals surface area (Å²) < 4.78 is 4.43. The van der Waals surface area contributed by atoms with E-state index in [9.17, 15) is 4.79 Å². The van der Waals surface area contributed by atoms with E-state index in [2.05, 4.69) is 11.3 Å². The predicted molar refractivity (Wildman–Crippen MR) is 45.6 cm³/mol. The highest BCUT2D eigenvalue weighted by atomic mass is 16.5. The van der Waals surface area contributed by atoms with E-state index in [0.29, 0.717) is 6.61 Å². The van der Waals surface area contributed by atoms with E-state index >= 15 is 0 Å². The Hall–Kier alpha value is -0.870. The largest absolute Gasteiger partial charge is 0.462 e. The molecule has 0 spiro atoms. The van der Waals surface area contributed by atoms with Gasteiger partial charge in [-0.2, -0.15) is 0 Å². The maximum Gasteiger partial charge on any atom is 0.302 e. The van der Waals surface area contributed by atoms with Crippen LogP contribution in [-0.2, 0) is 9.53 Å². The first-order valence-electron chi connectivity index (χ1n) is 3.57. The van der Waals surface area contributed by atoms with Gasteiger partial charge in [0, 0.05) is 6.92 Å². The molecule has 0 saturated heterocycles. The maximum absolute atomic E-state index is 9.93. The fourth-order valence-corrected chi connectivity index (χ4v) is 0.176. The first-order chi connectivity index (χ1) is 5.54. The third-order valence-electron chi connectivity index (χ3n) is 0.669. The lowest BCUT2D eigenvalue weighted by Gasteiger charge is -1.90. The summed E-state index contributed by atoms with van der Waals surface area (Å²) >= 11 is 0. The Kier molecular flexibility index (Phi) is 11.6. The van der Waals surface area contributed by atoms with Crippen molar-refractivity contribution in [2.24, 2.45) is 0 Å². The summed E-state index contributed by atoms with van der Waals surface area (Å²) in [4.78, 5) is 9.93. The van der Waals surface area contributed by atoms with E-state index in [4.69, 9.17) is 10.2 Å². The zero-order valence-electron chi connectivity index (χ0n) is 7.49. The highest BCUT2D eigenvalue weighted by Gasteiger charge is 1.83. The van der Waals surface area contributed by atoms with Crippen LogP contribution in [0.3, 0.4) is 0 Å². The molecule has 0 radical (unpaired) electrons. The van der Waals surface area contributed by atoms with E-state index in [1.807, 2.05) is 0 Å². The van der Waals surface area contributed by atoms with Gasteiger partial charge < -0.3 is 14.9 Å². The van der Waals surface area contributed by atoms with Crippen LogP contribution in [-0.4, -0.2) is 35.5 Å². The lowest BCUT2D eigenvalue weighted by Crippen LogP contribution is -2.03. The van der Waals surface area contributed by atoms with Crippen molar-refractivity contribution in [1.82, 2.24) is 0 Å². The van der Waals surface area contributed by atoms with Gasteiger partial charge >= 0.3 is 5.97 Å². The topological polar surface area (TPSA) is 66.8 Å². The number of esters is 1. The summed E-state index contributed by atoms with van der Waals surface area (Å²) in [6.07, 6.45) is 0.969. The van der Waals surface area contributed by atoms with Crippen LogP contribution < -0.4 is 0 Å². The molecule has 0 aliphatic rings. The van der Waals surface area contributed by atoms with Gasteiger partial charge in [0.2, 0.25) is 0 Å². The Labute approximate surface area is 72.5 Å². The molecule has 0 rings (SSSR count). The third-order valence-corrected chi connectivity index (χ3v) is 0.669. The summed E-state index contributed by atoms with van der Waals surface area (Å²) in [6, 6.07) is 0. The fourth-order valence-electron chi connectivity index (χ4n) is 0.176. The van der Waals surface area contributed by atoms with Crippen molar-refractivity contribution in [1.29, 1.82) is 0 Å². The molecule has 1 unspecified atom stereocenters. The average Bonchev–Trinajstić information content (AvgIpc) is 2.02. The van der Waals surface area contributed by atoms with Crippen molar-refractivity contribution in [3.05, 3.63) is 12.7 Å². The number of carbonyl (C=O) groups excluding carboxylic acids is 1. The van der Waals surface area contributed by atoms with Crippen molar-refractivity contribution < 1.29 is 19.7 Å². The first-order valence-corrected chi connectivity index (χ1v) is 3.57. The third kappa shape index (κ3) is 22.9. The van der Waals surface area contributed by atoms with Crippen molar-refractivity contribution >= 4 is 5.97 Å². The van der Waals surface area contributed by atoms with Crippen LogP contribution >= 0.6 is 0 Å². The molecular weight excluding hydrogens is 160 g/mol. The molecule has 0 amide bonds. The Morgan fingerprint density at radius 1 is 1.75 bits per heavy atom. The molecule has 0 aromatic heterocycles. The van der Waals surface area contributed by atoms with Gasteiger partial charge in [-0.1, -0.05) is 12.7 Å². The normalized spacial score (nSPS) is 10.7. The number of aliphatic hydroxyl groups excluding tert-OH is 2. The molecule has 1 atom stereocenters. The minimum atomic E-state index is -0.560. The van der Waals surface area contributed by atoms with Crippen molar-refractivity contribution in [3.8, 4) is 0 Å². The summed E-state index contributed by atoms with van der Waals surface area (Å²) in [5, 5.41) is 16.0. The van der Waals surface area contributed by atoms with Gasteiger partial charge in [0.25, 0.3) is 0 Å². The number of ether oxygens (including phenoxy) is 1. The Morgan fingerprint density at radius 2 is 2.17 bits per heavy atom. The second-order valence-electron chi connectivity index (χ2n) is 2.12.